The number of para-hydroxylation sites is 1. The SMILES string of the molecule is COC(=O)c1cccc(-c2cnc(C(O)C3Cc4ccc(Oc5ccccc5)cc4C3)o2)n1. The predicted octanol–water partition coefficient (Wildman–Crippen LogP) is 4.76. The van der Waals surface area contributed by atoms with E-state index in [1.165, 1.54) is 18.9 Å². The molecule has 0 amide bonds. The summed E-state index contributed by atoms with van der Waals surface area (Å²) in [5.41, 5.74) is 2.94. The monoisotopic (exact) mass is 442 g/mol. The van der Waals surface area contributed by atoms with Gasteiger partial charge >= 0.3 is 5.97 Å². The third kappa shape index (κ3) is 4.36. The lowest BCUT2D eigenvalue weighted by molar-refractivity contribution is 0.0594. The lowest BCUT2D eigenvalue weighted by Gasteiger charge is -2.14. The Labute approximate surface area is 190 Å². The molecule has 7 nitrogen and oxygen atoms in total. The first kappa shape index (κ1) is 20.9. The highest BCUT2D eigenvalue weighted by Crippen LogP contribution is 2.38. The quantitative estimate of drug-likeness (QED) is 0.430. The van der Waals surface area contributed by atoms with Crippen LogP contribution in [0.3, 0.4) is 0 Å². The highest BCUT2D eigenvalue weighted by atomic mass is 16.5. The van der Waals surface area contributed by atoms with Gasteiger partial charge in [-0.1, -0.05) is 30.3 Å². The largest absolute Gasteiger partial charge is 0.464 e. The van der Waals surface area contributed by atoms with Crippen molar-refractivity contribution in [1.82, 2.24) is 9.97 Å². The van der Waals surface area contributed by atoms with Crippen molar-refractivity contribution in [2.24, 2.45) is 5.92 Å². The van der Waals surface area contributed by atoms with Gasteiger partial charge in [0.15, 0.2) is 5.76 Å². The molecule has 1 aliphatic carbocycles. The summed E-state index contributed by atoms with van der Waals surface area (Å²) in [4.78, 5) is 20.3. The van der Waals surface area contributed by atoms with Crippen molar-refractivity contribution in [2.45, 2.75) is 18.9 Å². The van der Waals surface area contributed by atoms with Gasteiger partial charge in [-0.15, -0.1) is 0 Å². The first-order chi connectivity index (χ1) is 16.1. The van der Waals surface area contributed by atoms with Crippen LogP contribution >= 0.6 is 0 Å². The van der Waals surface area contributed by atoms with E-state index in [4.69, 9.17) is 13.9 Å². The number of benzene rings is 2. The van der Waals surface area contributed by atoms with Gasteiger partial charge in [-0.2, -0.15) is 0 Å². The maximum Gasteiger partial charge on any atom is 0.356 e. The van der Waals surface area contributed by atoms with Crippen molar-refractivity contribution in [3.63, 3.8) is 0 Å². The third-order valence-electron chi connectivity index (χ3n) is 5.74. The van der Waals surface area contributed by atoms with Gasteiger partial charge in [0.25, 0.3) is 0 Å². The van der Waals surface area contributed by atoms with Gasteiger partial charge in [0.1, 0.15) is 29.0 Å². The number of aromatic nitrogens is 2. The van der Waals surface area contributed by atoms with E-state index in [1.807, 2.05) is 48.5 Å². The van der Waals surface area contributed by atoms with E-state index in [0.29, 0.717) is 17.9 Å². The molecular formula is C26H22N2O5. The third-order valence-corrected chi connectivity index (χ3v) is 5.74. The molecule has 5 rings (SSSR count). The molecule has 0 bridgehead atoms. The summed E-state index contributed by atoms with van der Waals surface area (Å²) in [7, 11) is 1.30. The summed E-state index contributed by atoms with van der Waals surface area (Å²) in [6, 6.07) is 20.6. The number of hydrogen-bond donors (Lipinski definition) is 1. The summed E-state index contributed by atoms with van der Waals surface area (Å²) in [5, 5.41) is 11.0. The molecule has 1 N–H and O–H groups in total. The second-order valence-electron chi connectivity index (χ2n) is 7.92. The van der Waals surface area contributed by atoms with E-state index in [0.717, 1.165) is 23.5 Å². The Morgan fingerprint density at radius 3 is 2.67 bits per heavy atom. The highest BCUT2D eigenvalue weighted by Gasteiger charge is 2.32. The van der Waals surface area contributed by atoms with Gasteiger partial charge in [0.2, 0.25) is 5.89 Å². The van der Waals surface area contributed by atoms with Crippen molar-refractivity contribution in [3.8, 4) is 23.0 Å². The molecule has 2 atom stereocenters. The van der Waals surface area contributed by atoms with E-state index in [9.17, 15) is 9.90 Å². The molecule has 2 aromatic heterocycles. The lowest BCUT2D eigenvalue weighted by atomic mass is 9.99. The van der Waals surface area contributed by atoms with Crippen LogP contribution in [0.15, 0.2) is 77.3 Å². The Balaban J connectivity index is 1.30. The minimum atomic E-state index is -0.867. The van der Waals surface area contributed by atoms with Crippen LogP contribution in [-0.2, 0) is 17.6 Å². The fraction of sp³-hybridized carbons (Fsp3) is 0.192. The molecular weight excluding hydrogens is 420 g/mol. The fourth-order valence-corrected chi connectivity index (χ4v) is 4.07. The van der Waals surface area contributed by atoms with E-state index < -0.39 is 12.1 Å². The van der Waals surface area contributed by atoms with Crippen molar-refractivity contribution in [1.29, 1.82) is 0 Å². The average molecular weight is 442 g/mol. The van der Waals surface area contributed by atoms with Crippen molar-refractivity contribution in [2.75, 3.05) is 7.11 Å². The van der Waals surface area contributed by atoms with Crippen LogP contribution in [0.5, 0.6) is 11.5 Å². The van der Waals surface area contributed by atoms with Crippen molar-refractivity contribution in [3.05, 3.63) is 95.6 Å². The van der Waals surface area contributed by atoms with E-state index in [-0.39, 0.29) is 17.5 Å². The summed E-state index contributed by atoms with van der Waals surface area (Å²) in [6.07, 6.45) is 2.05. The smallest absolute Gasteiger partial charge is 0.356 e. The number of hydrogen-bond acceptors (Lipinski definition) is 7. The Morgan fingerprint density at radius 2 is 1.85 bits per heavy atom. The Bertz CT molecular complexity index is 1280. The standard InChI is InChI=1S/C26H22N2O5/c1-31-26(30)22-9-5-8-21(28-22)23-15-27-25(33-23)24(29)18-12-16-10-11-20(14-17(16)13-18)32-19-6-3-2-4-7-19/h2-11,14-15,18,24,29H,12-13H2,1H3. The second kappa shape index (κ2) is 8.88. The topological polar surface area (TPSA) is 94.7 Å². The van der Waals surface area contributed by atoms with E-state index in [1.54, 1.807) is 18.2 Å². The number of carbonyl (C=O) groups is 1. The normalized spacial score (nSPS) is 15.6. The fourth-order valence-electron chi connectivity index (χ4n) is 4.07. The summed E-state index contributed by atoms with van der Waals surface area (Å²) >= 11 is 0. The molecule has 0 radical (unpaired) electrons. The number of aliphatic hydroxyl groups is 1. The number of carbonyl (C=O) groups excluding carboxylic acids is 1. The molecule has 2 unspecified atom stereocenters. The van der Waals surface area contributed by atoms with Crippen LogP contribution < -0.4 is 4.74 Å². The first-order valence-corrected chi connectivity index (χ1v) is 10.6. The van der Waals surface area contributed by atoms with Crippen LogP contribution in [0.4, 0.5) is 0 Å². The van der Waals surface area contributed by atoms with Gasteiger partial charge in [0.05, 0.1) is 13.3 Å². The van der Waals surface area contributed by atoms with Crippen molar-refractivity contribution < 1.29 is 23.8 Å². The minimum absolute atomic E-state index is 0.0622. The van der Waals surface area contributed by atoms with Gasteiger partial charge in [0, 0.05) is 5.92 Å². The molecule has 0 saturated heterocycles. The molecule has 33 heavy (non-hydrogen) atoms. The lowest BCUT2D eigenvalue weighted by Crippen LogP contribution is -2.13. The number of rotatable bonds is 6. The Morgan fingerprint density at radius 1 is 1.03 bits per heavy atom. The predicted molar refractivity (Wildman–Crippen MR) is 120 cm³/mol. The zero-order valence-corrected chi connectivity index (χ0v) is 18.0. The highest BCUT2D eigenvalue weighted by molar-refractivity contribution is 5.87. The molecule has 2 heterocycles. The van der Waals surface area contributed by atoms with Gasteiger partial charge < -0.3 is 19.0 Å². The van der Waals surface area contributed by atoms with Crippen LogP contribution in [0, 0.1) is 5.92 Å². The molecule has 166 valence electrons. The number of esters is 1. The molecule has 0 spiro atoms. The van der Waals surface area contributed by atoms with Crippen LogP contribution in [0.2, 0.25) is 0 Å². The number of nitrogens with zero attached hydrogens (tertiary/aromatic N) is 2. The average Bonchev–Trinajstić information content (AvgIpc) is 3.51. The van der Waals surface area contributed by atoms with Crippen LogP contribution in [-0.4, -0.2) is 28.2 Å². The summed E-state index contributed by atoms with van der Waals surface area (Å²) in [6.45, 7) is 0. The molecule has 0 saturated carbocycles. The molecule has 2 aromatic carbocycles. The maximum atomic E-state index is 11.7. The minimum Gasteiger partial charge on any atom is -0.464 e. The zero-order chi connectivity index (χ0) is 22.8. The number of pyridine rings is 1. The Hall–Kier alpha value is -3.97. The van der Waals surface area contributed by atoms with Crippen molar-refractivity contribution >= 4 is 5.97 Å². The molecule has 0 fully saturated rings. The van der Waals surface area contributed by atoms with Crippen LogP contribution in [0.25, 0.3) is 11.5 Å². The number of aliphatic hydroxyl groups excluding tert-OH is 1. The molecule has 0 aliphatic heterocycles. The van der Waals surface area contributed by atoms with Gasteiger partial charge in [-0.25, -0.2) is 14.8 Å². The van der Waals surface area contributed by atoms with Gasteiger partial charge in [-0.3, -0.25) is 0 Å². The number of oxazole rings is 1. The molecule has 4 aromatic rings. The number of methoxy groups -OCH3 is 1. The second-order valence-corrected chi connectivity index (χ2v) is 7.92. The molecule has 1 aliphatic rings. The zero-order valence-electron chi connectivity index (χ0n) is 18.0. The van der Waals surface area contributed by atoms with E-state index >= 15 is 0 Å². The van der Waals surface area contributed by atoms with E-state index in [2.05, 4.69) is 9.97 Å². The van der Waals surface area contributed by atoms with Gasteiger partial charge in [-0.05, 0) is 60.4 Å². The summed E-state index contributed by atoms with van der Waals surface area (Å²) < 4.78 is 16.5. The number of ether oxygens (including phenoxy) is 2. The Kier molecular flexibility index (Phi) is 5.62. The first-order valence-electron chi connectivity index (χ1n) is 10.6. The molecule has 7 heteroatoms. The maximum absolute atomic E-state index is 11.7. The summed E-state index contributed by atoms with van der Waals surface area (Å²) in [5.74, 6) is 1.57. The number of fused-ring (bicyclic) bond motifs is 1. The van der Waals surface area contributed by atoms with Crippen LogP contribution in [0.1, 0.15) is 33.6 Å².